The molecule has 0 aromatic heterocycles. The van der Waals surface area contributed by atoms with Crippen molar-refractivity contribution in [1.82, 2.24) is 0 Å². The molecule has 2 aromatic rings. The molecule has 2 nitrogen and oxygen atoms in total. The van der Waals surface area contributed by atoms with E-state index in [-0.39, 0.29) is 5.41 Å². The van der Waals surface area contributed by atoms with Crippen molar-refractivity contribution in [3.63, 3.8) is 0 Å². The Morgan fingerprint density at radius 1 is 1.09 bits per heavy atom. The summed E-state index contributed by atoms with van der Waals surface area (Å²) in [5.41, 5.74) is 3.49. The molecule has 0 atom stereocenters. The van der Waals surface area contributed by atoms with Crippen LogP contribution in [0.1, 0.15) is 37.5 Å². The molecule has 116 valence electrons. The lowest BCUT2D eigenvalue weighted by molar-refractivity contribution is 0.380. The van der Waals surface area contributed by atoms with Gasteiger partial charge in [0.05, 0.1) is 6.23 Å². The molecule has 0 saturated heterocycles. The van der Waals surface area contributed by atoms with Gasteiger partial charge in [-0.25, -0.2) is 0 Å². The SMILES string of the molecule is Cc1cccc([Si]COc2ccc(O)c(C(C)(C)C)c2)c1C. The molecule has 0 aliphatic rings. The van der Waals surface area contributed by atoms with Crippen molar-refractivity contribution < 1.29 is 9.84 Å². The van der Waals surface area contributed by atoms with Crippen molar-refractivity contribution in [3.05, 3.63) is 53.1 Å². The highest BCUT2D eigenvalue weighted by atomic mass is 28.2. The van der Waals surface area contributed by atoms with Crippen molar-refractivity contribution >= 4 is 14.7 Å². The Morgan fingerprint density at radius 3 is 2.50 bits per heavy atom. The van der Waals surface area contributed by atoms with Gasteiger partial charge in [-0.2, -0.15) is 0 Å². The van der Waals surface area contributed by atoms with Gasteiger partial charge in [-0.3, -0.25) is 0 Å². The number of rotatable bonds is 4. The maximum Gasteiger partial charge on any atom is 0.131 e. The molecule has 0 unspecified atom stereocenters. The lowest BCUT2D eigenvalue weighted by Gasteiger charge is -2.21. The van der Waals surface area contributed by atoms with Crippen molar-refractivity contribution in [2.45, 2.75) is 40.0 Å². The molecule has 2 rings (SSSR count). The molecule has 0 heterocycles. The first-order valence-electron chi connectivity index (χ1n) is 7.55. The van der Waals surface area contributed by atoms with Gasteiger partial charge in [0, 0.05) is 5.56 Å². The van der Waals surface area contributed by atoms with Gasteiger partial charge in [-0.1, -0.05) is 44.2 Å². The van der Waals surface area contributed by atoms with Crippen molar-refractivity contribution in [2.24, 2.45) is 0 Å². The molecule has 22 heavy (non-hydrogen) atoms. The first-order chi connectivity index (χ1) is 10.3. The van der Waals surface area contributed by atoms with Gasteiger partial charge in [0.2, 0.25) is 0 Å². The average molecular weight is 312 g/mol. The van der Waals surface area contributed by atoms with Gasteiger partial charge in [0.15, 0.2) is 0 Å². The molecule has 0 aliphatic carbocycles. The van der Waals surface area contributed by atoms with Crippen LogP contribution in [0.3, 0.4) is 0 Å². The zero-order valence-electron chi connectivity index (χ0n) is 14.0. The van der Waals surface area contributed by atoms with E-state index in [1.807, 2.05) is 12.1 Å². The van der Waals surface area contributed by atoms with Crippen LogP contribution in [0.15, 0.2) is 36.4 Å². The Labute approximate surface area is 136 Å². The number of aromatic hydroxyl groups is 1. The zero-order valence-corrected chi connectivity index (χ0v) is 15.0. The summed E-state index contributed by atoms with van der Waals surface area (Å²) in [6.45, 7) is 10.6. The molecule has 0 amide bonds. The summed E-state index contributed by atoms with van der Waals surface area (Å²) < 4.78 is 5.90. The Balaban J connectivity index is 2.05. The molecule has 2 aromatic carbocycles. The van der Waals surface area contributed by atoms with Gasteiger partial charge in [0.1, 0.15) is 21.0 Å². The lowest BCUT2D eigenvalue weighted by atomic mass is 9.86. The van der Waals surface area contributed by atoms with Crippen molar-refractivity contribution in [2.75, 3.05) is 6.23 Å². The van der Waals surface area contributed by atoms with Gasteiger partial charge in [0.25, 0.3) is 0 Å². The van der Waals surface area contributed by atoms with E-state index in [0.29, 0.717) is 21.5 Å². The van der Waals surface area contributed by atoms with Crippen LogP contribution >= 0.6 is 0 Å². The molecule has 0 spiro atoms. The molecule has 0 fully saturated rings. The predicted molar refractivity (Wildman–Crippen MR) is 93.6 cm³/mol. The second-order valence-electron chi connectivity index (χ2n) is 6.64. The minimum atomic E-state index is -0.0983. The normalized spacial score (nSPS) is 11.5. The number of phenols is 1. The summed E-state index contributed by atoms with van der Waals surface area (Å²) in [5.74, 6) is 1.15. The lowest BCUT2D eigenvalue weighted by Crippen LogP contribution is -2.24. The molecule has 1 N–H and O–H groups in total. The second kappa shape index (κ2) is 6.57. The quantitative estimate of drug-likeness (QED) is 0.873. The van der Waals surface area contributed by atoms with Gasteiger partial charge < -0.3 is 9.84 Å². The summed E-state index contributed by atoms with van der Waals surface area (Å²) in [6, 6.07) is 11.9. The summed E-state index contributed by atoms with van der Waals surface area (Å²) in [7, 11) is 0.621. The first-order valence-corrected chi connectivity index (χ1v) is 8.76. The van der Waals surface area contributed by atoms with E-state index >= 15 is 0 Å². The fourth-order valence-electron chi connectivity index (χ4n) is 2.35. The van der Waals surface area contributed by atoms with E-state index < -0.39 is 0 Å². The monoisotopic (exact) mass is 312 g/mol. The third-order valence-corrected chi connectivity index (χ3v) is 5.09. The highest BCUT2D eigenvalue weighted by molar-refractivity contribution is 6.54. The smallest absolute Gasteiger partial charge is 0.131 e. The van der Waals surface area contributed by atoms with E-state index in [1.165, 1.54) is 16.3 Å². The average Bonchev–Trinajstić information content (AvgIpc) is 2.44. The summed E-state index contributed by atoms with van der Waals surface area (Å²) in [5, 5.41) is 11.3. The van der Waals surface area contributed by atoms with Crippen LogP contribution in [-0.2, 0) is 5.41 Å². The van der Waals surface area contributed by atoms with Crippen LogP contribution in [0.25, 0.3) is 0 Å². The molecular weight excluding hydrogens is 288 g/mol. The van der Waals surface area contributed by atoms with Crippen molar-refractivity contribution in [1.29, 1.82) is 0 Å². The van der Waals surface area contributed by atoms with Crippen LogP contribution in [0.2, 0.25) is 0 Å². The highest BCUT2D eigenvalue weighted by Crippen LogP contribution is 2.33. The minimum Gasteiger partial charge on any atom is -0.508 e. The zero-order chi connectivity index (χ0) is 16.3. The maximum absolute atomic E-state index is 9.99. The number of ether oxygens (including phenoxy) is 1. The molecule has 2 radical (unpaired) electrons. The van der Waals surface area contributed by atoms with Crippen LogP contribution in [0, 0.1) is 13.8 Å². The number of phenolic OH excluding ortho intramolecular Hbond substituents is 1. The summed E-state index contributed by atoms with van der Waals surface area (Å²) in [6.07, 6.45) is 0.665. The van der Waals surface area contributed by atoms with Gasteiger partial charge in [-0.05, 0) is 48.6 Å². The number of aryl methyl sites for hydroxylation is 1. The fourth-order valence-corrected chi connectivity index (χ4v) is 3.42. The predicted octanol–water partition coefficient (Wildman–Crippen LogP) is 3.67. The number of benzene rings is 2. The Hall–Kier alpha value is -1.74. The number of hydrogen-bond donors (Lipinski definition) is 1. The van der Waals surface area contributed by atoms with E-state index in [0.717, 1.165) is 11.3 Å². The Kier molecular flexibility index (Phi) is 4.96. The maximum atomic E-state index is 9.99. The second-order valence-corrected chi connectivity index (χ2v) is 7.82. The summed E-state index contributed by atoms with van der Waals surface area (Å²) in [4.78, 5) is 0. The molecule has 0 aliphatic heterocycles. The highest BCUT2D eigenvalue weighted by Gasteiger charge is 2.18. The van der Waals surface area contributed by atoms with Gasteiger partial charge in [-0.15, -0.1) is 0 Å². The minimum absolute atomic E-state index is 0.0983. The topological polar surface area (TPSA) is 29.5 Å². The summed E-state index contributed by atoms with van der Waals surface area (Å²) >= 11 is 0. The molecule has 3 heteroatoms. The number of hydrogen-bond acceptors (Lipinski definition) is 2. The third kappa shape index (κ3) is 3.92. The molecular formula is C19H24O2Si. The largest absolute Gasteiger partial charge is 0.508 e. The van der Waals surface area contributed by atoms with Crippen LogP contribution in [0.4, 0.5) is 0 Å². The van der Waals surface area contributed by atoms with E-state index in [9.17, 15) is 5.11 Å². The van der Waals surface area contributed by atoms with Crippen molar-refractivity contribution in [3.8, 4) is 11.5 Å². The van der Waals surface area contributed by atoms with Crippen LogP contribution < -0.4 is 9.92 Å². The third-order valence-electron chi connectivity index (χ3n) is 3.88. The van der Waals surface area contributed by atoms with Crippen LogP contribution in [0.5, 0.6) is 11.5 Å². The Morgan fingerprint density at radius 2 is 1.82 bits per heavy atom. The first kappa shape index (κ1) is 16.6. The molecule has 0 bridgehead atoms. The van der Waals surface area contributed by atoms with E-state index in [1.54, 1.807) is 6.07 Å². The fraction of sp³-hybridized carbons (Fsp3) is 0.368. The Bertz CT molecular complexity index is 657. The van der Waals surface area contributed by atoms with Crippen LogP contribution in [-0.4, -0.2) is 20.9 Å². The molecule has 0 saturated carbocycles. The van der Waals surface area contributed by atoms with E-state index in [2.05, 4.69) is 52.8 Å². The van der Waals surface area contributed by atoms with Gasteiger partial charge >= 0.3 is 0 Å². The standard InChI is InChI=1S/C19H24O2Si/c1-13-7-6-8-18(14(13)2)22-12-21-15-9-10-17(20)16(11-15)19(3,4)5/h6-11,20H,12H2,1-5H3. The van der Waals surface area contributed by atoms with E-state index in [4.69, 9.17) is 4.74 Å².